The molecule has 326 valence electrons. The van der Waals surface area contributed by atoms with Crippen LogP contribution in [0.3, 0.4) is 0 Å². The smallest absolute Gasteiger partial charge is 0.309 e. The molecule has 1 saturated heterocycles. The Kier molecular flexibility index (Phi) is 11.9. The van der Waals surface area contributed by atoms with E-state index in [2.05, 4.69) is 58.9 Å². The number of carboxylic acids is 1. The molecule has 0 radical (unpaired) electrons. The number of hydrogen-bond donors (Lipinski definition) is 3. The van der Waals surface area contributed by atoms with Crippen molar-refractivity contribution < 1.29 is 29.6 Å². The Morgan fingerprint density at radius 2 is 1.55 bits per heavy atom. The van der Waals surface area contributed by atoms with Crippen LogP contribution < -0.4 is 0 Å². The van der Waals surface area contributed by atoms with Gasteiger partial charge in [0.15, 0.2) is 5.79 Å². The zero-order chi connectivity index (χ0) is 41.2. The van der Waals surface area contributed by atoms with Gasteiger partial charge >= 0.3 is 5.97 Å². The number of methoxy groups -OCH3 is 1. The molecule has 1 aromatic carbocycles. The van der Waals surface area contributed by atoms with E-state index in [1.807, 2.05) is 0 Å². The molecule has 58 heavy (non-hydrogen) atoms. The average molecular weight is 803 g/mol. The van der Waals surface area contributed by atoms with Crippen LogP contribution in [0.25, 0.3) is 0 Å². The minimum atomic E-state index is -1.30. The SMILES string of the molecule is CCC[C@@H]1[C@@]23CC[C@H]4[C@@](C)(CC[C@@]5(CCCCCC6CCCCC6)[C@@H]6C[C@](C)(C(=O)O)CC[C@]6(C)CC[C@]45C)[C@@H]2[C@@H](O)C[C@]1(O)O[C@@H]3Cc1ccc(CCOC)cc1. The zero-order valence-corrected chi connectivity index (χ0v) is 37.6. The van der Waals surface area contributed by atoms with Crippen LogP contribution in [0.1, 0.15) is 187 Å². The largest absolute Gasteiger partial charge is 0.481 e. The van der Waals surface area contributed by atoms with E-state index >= 15 is 0 Å². The van der Waals surface area contributed by atoms with Crippen molar-refractivity contribution >= 4 is 5.97 Å². The lowest BCUT2D eigenvalue weighted by molar-refractivity contribution is -0.293. The molecule has 0 unspecified atom stereocenters. The summed E-state index contributed by atoms with van der Waals surface area (Å²) in [6.45, 7) is 12.8. The Hall–Kier alpha value is -1.47. The minimum absolute atomic E-state index is 0.00933. The molecule has 0 aromatic heterocycles. The van der Waals surface area contributed by atoms with E-state index < -0.39 is 23.3 Å². The first kappa shape index (κ1) is 43.2. The van der Waals surface area contributed by atoms with Crippen molar-refractivity contribution in [1.82, 2.24) is 0 Å². The summed E-state index contributed by atoms with van der Waals surface area (Å²) >= 11 is 0. The van der Waals surface area contributed by atoms with E-state index in [1.165, 1.54) is 88.2 Å². The van der Waals surface area contributed by atoms with E-state index in [0.717, 1.165) is 76.5 Å². The quantitative estimate of drug-likeness (QED) is 0.162. The van der Waals surface area contributed by atoms with Gasteiger partial charge in [0.05, 0.1) is 24.2 Å². The number of hydrogen-bond acceptors (Lipinski definition) is 5. The molecule has 13 atom stereocenters. The molecular weight excluding hydrogens is 721 g/mol. The maximum Gasteiger partial charge on any atom is 0.309 e. The number of aliphatic hydroxyl groups is 2. The highest BCUT2D eigenvalue weighted by molar-refractivity contribution is 5.74. The number of benzene rings is 1. The summed E-state index contributed by atoms with van der Waals surface area (Å²) in [5, 5.41) is 35.9. The van der Waals surface area contributed by atoms with Gasteiger partial charge in [-0.1, -0.05) is 116 Å². The van der Waals surface area contributed by atoms with Gasteiger partial charge in [-0.05, 0) is 147 Å². The van der Waals surface area contributed by atoms with Gasteiger partial charge in [-0.2, -0.15) is 0 Å². The first-order valence-electron chi connectivity index (χ1n) is 24.5. The number of unbranched alkanes of at least 4 members (excludes halogenated alkanes) is 2. The number of carbonyl (C=O) groups is 1. The van der Waals surface area contributed by atoms with Crippen molar-refractivity contribution in [3.63, 3.8) is 0 Å². The first-order chi connectivity index (χ1) is 27.6. The highest BCUT2D eigenvalue weighted by Crippen LogP contribution is 2.81. The fourth-order valence-corrected chi connectivity index (χ4v) is 17.3. The molecule has 6 heteroatoms. The van der Waals surface area contributed by atoms with Crippen LogP contribution >= 0.6 is 0 Å². The molecule has 6 aliphatic carbocycles. The van der Waals surface area contributed by atoms with Gasteiger partial charge in [0.25, 0.3) is 0 Å². The van der Waals surface area contributed by atoms with Crippen LogP contribution in [0, 0.1) is 62.1 Å². The van der Waals surface area contributed by atoms with Gasteiger partial charge in [-0.3, -0.25) is 4.79 Å². The molecule has 1 spiro atoms. The van der Waals surface area contributed by atoms with Crippen LogP contribution in [0.15, 0.2) is 24.3 Å². The van der Waals surface area contributed by atoms with Crippen LogP contribution in [0.5, 0.6) is 0 Å². The average Bonchev–Trinajstić information content (AvgIpc) is 3.34. The van der Waals surface area contributed by atoms with Crippen LogP contribution in [0.4, 0.5) is 0 Å². The molecule has 6 nitrogen and oxygen atoms in total. The van der Waals surface area contributed by atoms with Gasteiger partial charge < -0.3 is 24.8 Å². The van der Waals surface area contributed by atoms with Gasteiger partial charge in [0, 0.05) is 24.9 Å². The summed E-state index contributed by atoms with van der Waals surface area (Å²) in [4.78, 5) is 13.1. The minimum Gasteiger partial charge on any atom is -0.481 e. The maximum atomic E-state index is 13.1. The number of rotatable bonds is 14. The van der Waals surface area contributed by atoms with E-state index in [9.17, 15) is 20.1 Å². The van der Waals surface area contributed by atoms with Crippen molar-refractivity contribution in [1.29, 1.82) is 0 Å². The van der Waals surface area contributed by atoms with E-state index in [-0.39, 0.29) is 45.0 Å². The third-order valence-electron chi connectivity index (χ3n) is 20.2. The zero-order valence-electron chi connectivity index (χ0n) is 37.6. The fraction of sp³-hybridized carbons (Fsp3) is 0.865. The second-order valence-corrected chi connectivity index (χ2v) is 23.0. The topological polar surface area (TPSA) is 96.2 Å². The van der Waals surface area contributed by atoms with Gasteiger partial charge in [-0.15, -0.1) is 0 Å². The maximum absolute atomic E-state index is 13.1. The molecule has 6 saturated carbocycles. The molecule has 7 fully saturated rings. The van der Waals surface area contributed by atoms with E-state index in [4.69, 9.17) is 9.47 Å². The summed E-state index contributed by atoms with van der Waals surface area (Å²) in [7, 11) is 1.75. The summed E-state index contributed by atoms with van der Waals surface area (Å²) in [6, 6.07) is 8.96. The third-order valence-corrected chi connectivity index (χ3v) is 20.2. The second-order valence-electron chi connectivity index (χ2n) is 23.0. The number of aliphatic carboxylic acids is 1. The summed E-state index contributed by atoms with van der Waals surface area (Å²) < 4.78 is 12.4. The molecule has 3 N–H and O–H groups in total. The van der Waals surface area contributed by atoms with Crippen molar-refractivity contribution in [3.8, 4) is 0 Å². The Bertz CT molecular complexity index is 1600. The van der Waals surface area contributed by atoms with Crippen LogP contribution in [0.2, 0.25) is 0 Å². The van der Waals surface area contributed by atoms with Gasteiger partial charge in [-0.25, -0.2) is 0 Å². The molecule has 0 amide bonds. The number of carboxylic acid groups (broad SMARTS) is 1. The Balaban J connectivity index is 1.14. The van der Waals surface area contributed by atoms with Crippen molar-refractivity contribution in [2.45, 2.75) is 207 Å². The fourth-order valence-electron chi connectivity index (χ4n) is 17.3. The van der Waals surface area contributed by atoms with Crippen LogP contribution in [-0.4, -0.2) is 53.0 Å². The molecule has 1 aromatic rings. The highest BCUT2D eigenvalue weighted by atomic mass is 16.6. The lowest BCUT2D eigenvalue weighted by Gasteiger charge is -2.76. The Labute approximate surface area is 352 Å². The highest BCUT2D eigenvalue weighted by Gasteiger charge is 2.78. The van der Waals surface area contributed by atoms with Gasteiger partial charge in [0.2, 0.25) is 0 Å². The van der Waals surface area contributed by atoms with E-state index in [0.29, 0.717) is 24.9 Å². The predicted octanol–water partition coefficient (Wildman–Crippen LogP) is 11.7. The van der Waals surface area contributed by atoms with Gasteiger partial charge in [0.1, 0.15) is 0 Å². The number of aliphatic hydroxyl groups excluding tert-OH is 1. The molecule has 1 heterocycles. The van der Waals surface area contributed by atoms with Crippen molar-refractivity contribution in [2.75, 3.05) is 13.7 Å². The third kappa shape index (κ3) is 6.81. The summed E-state index contributed by atoms with van der Waals surface area (Å²) in [5.74, 6) is -0.0624. The monoisotopic (exact) mass is 803 g/mol. The molecule has 2 bridgehead atoms. The Morgan fingerprint density at radius 3 is 2.26 bits per heavy atom. The van der Waals surface area contributed by atoms with Crippen molar-refractivity contribution in [2.24, 2.45) is 62.1 Å². The standard InChI is InChI=1S/C52H82O6/c1-7-14-41-51-25-22-40-48(4,44(51)39(53)34-52(41,56)58-43(51)33-38-20-18-37(19-21-38)23-32-57-6)29-31-50(24-13-9-12-17-36-15-10-8-11-16-36)42-35-47(3,45(54)55)27-26-46(42,2)28-30-49(40,50)5/h18-21,36,39-44,53,56H,7-17,22-35H2,1-6H3,(H,54,55)/t39-,40-,41+,42+,43+,44-,46+,47+,48+,49+,50-,51+,52-/m0/s1. The lowest BCUT2D eigenvalue weighted by atomic mass is 9.28. The molecular formula is C52H82O6. The second kappa shape index (κ2) is 16.0. The summed E-state index contributed by atoms with van der Waals surface area (Å²) in [5.41, 5.74) is 1.79. The summed E-state index contributed by atoms with van der Waals surface area (Å²) in [6.07, 6.45) is 26.0. The number of fused-ring (bicyclic) bond motifs is 7. The lowest BCUT2D eigenvalue weighted by Crippen LogP contribution is -2.71. The molecule has 1 aliphatic heterocycles. The Morgan fingerprint density at radius 1 is 0.828 bits per heavy atom. The van der Waals surface area contributed by atoms with Crippen molar-refractivity contribution in [3.05, 3.63) is 35.4 Å². The first-order valence-corrected chi connectivity index (χ1v) is 24.5. The number of ether oxygens (including phenoxy) is 2. The predicted molar refractivity (Wildman–Crippen MR) is 231 cm³/mol. The van der Waals surface area contributed by atoms with E-state index in [1.54, 1.807) is 7.11 Å². The molecule has 8 rings (SSSR count). The van der Waals surface area contributed by atoms with Crippen LogP contribution in [-0.2, 0) is 27.1 Å². The molecule has 7 aliphatic rings. The normalized spacial score (nSPS) is 46.1.